The zero-order valence-electron chi connectivity index (χ0n) is 9.46. The lowest BCUT2D eigenvalue weighted by Crippen LogP contribution is -2.25. The molecule has 0 aliphatic heterocycles. The minimum absolute atomic E-state index is 0.135. The molecule has 2 aromatic rings. The lowest BCUT2D eigenvalue weighted by Gasteiger charge is -2.07. The van der Waals surface area contributed by atoms with Crippen LogP contribution in [0.5, 0.6) is 0 Å². The highest BCUT2D eigenvalue weighted by atomic mass is 32.2. The summed E-state index contributed by atoms with van der Waals surface area (Å²) in [5, 5.41) is 14.8. The Balaban J connectivity index is 2.30. The minimum atomic E-state index is -4.00. The third-order valence-electron chi connectivity index (χ3n) is 2.27. The van der Waals surface area contributed by atoms with Gasteiger partial charge in [0.2, 0.25) is 10.0 Å². The normalized spacial score (nSPS) is 11.2. The van der Waals surface area contributed by atoms with Gasteiger partial charge in [-0.05, 0) is 12.1 Å². The number of hydrogen-bond acceptors (Lipinski definition) is 5. The van der Waals surface area contributed by atoms with Crippen molar-refractivity contribution in [3.63, 3.8) is 0 Å². The smallest absolute Gasteiger partial charge is 0.242 e. The number of nitrogens with one attached hydrogen (secondary N) is 2. The number of aromatic nitrogens is 3. The molecule has 0 aliphatic rings. The third kappa shape index (κ3) is 2.75. The molecule has 7 nitrogen and oxygen atoms in total. The second kappa shape index (κ2) is 5.13. The number of sulfonamides is 1. The van der Waals surface area contributed by atoms with Gasteiger partial charge in [0.25, 0.3) is 0 Å². The van der Waals surface area contributed by atoms with Crippen LogP contribution < -0.4 is 4.72 Å². The fourth-order valence-corrected chi connectivity index (χ4v) is 2.55. The lowest BCUT2D eigenvalue weighted by atomic mass is 10.2. The topological polar surface area (TPSA) is 112 Å². The van der Waals surface area contributed by atoms with Crippen LogP contribution in [0.25, 0.3) is 0 Å². The van der Waals surface area contributed by atoms with E-state index < -0.39 is 26.3 Å². The van der Waals surface area contributed by atoms with E-state index in [9.17, 15) is 12.8 Å². The Bertz CT molecular complexity index is 721. The number of halogens is 1. The lowest BCUT2D eigenvalue weighted by molar-refractivity contribution is 0.574. The number of H-pyrrole nitrogens is 1. The molecule has 98 valence electrons. The Morgan fingerprint density at radius 3 is 2.89 bits per heavy atom. The molecule has 1 aromatic heterocycles. The molecule has 0 bridgehead atoms. The molecule has 2 rings (SSSR count). The molecule has 0 amide bonds. The number of nitrogens with zero attached hydrogens (tertiary/aromatic N) is 3. The van der Waals surface area contributed by atoms with Crippen molar-refractivity contribution in [1.29, 1.82) is 5.26 Å². The summed E-state index contributed by atoms with van der Waals surface area (Å²) in [6.07, 6.45) is 1.23. The van der Waals surface area contributed by atoms with Gasteiger partial charge in [-0.25, -0.2) is 22.5 Å². The van der Waals surface area contributed by atoms with Gasteiger partial charge >= 0.3 is 0 Å². The quantitative estimate of drug-likeness (QED) is 0.836. The molecule has 0 aliphatic carbocycles. The maximum atomic E-state index is 13.4. The predicted octanol–water partition coefficient (Wildman–Crippen LogP) is 0.294. The first-order valence-electron chi connectivity index (χ1n) is 5.07. The molecule has 0 radical (unpaired) electrons. The number of rotatable bonds is 4. The number of aromatic amines is 1. The average molecular weight is 281 g/mol. The van der Waals surface area contributed by atoms with Crippen LogP contribution in [0.2, 0.25) is 0 Å². The Kier molecular flexibility index (Phi) is 3.55. The molecule has 0 unspecified atom stereocenters. The van der Waals surface area contributed by atoms with Gasteiger partial charge in [0.1, 0.15) is 34.5 Å². The summed E-state index contributed by atoms with van der Waals surface area (Å²) in [6, 6.07) is 4.93. The molecular formula is C10H8FN5O2S. The van der Waals surface area contributed by atoms with Crippen LogP contribution in [-0.4, -0.2) is 23.6 Å². The van der Waals surface area contributed by atoms with E-state index in [1.165, 1.54) is 18.5 Å². The second-order valence-electron chi connectivity index (χ2n) is 3.48. The Morgan fingerprint density at radius 1 is 1.47 bits per heavy atom. The van der Waals surface area contributed by atoms with E-state index in [2.05, 4.69) is 19.9 Å². The monoisotopic (exact) mass is 281 g/mol. The van der Waals surface area contributed by atoms with Gasteiger partial charge in [-0.2, -0.15) is 10.4 Å². The SMILES string of the molecule is N#Cc1c(F)cccc1S(=O)(=O)NCc1ncn[nH]1. The standard InChI is InChI=1S/C10H8FN5O2S/c11-8-2-1-3-9(7(8)4-12)19(17,18)15-5-10-13-6-14-16-10/h1-3,6,15H,5H2,(H,13,14,16). The van der Waals surface area contributed by atoms with Crippen molar-refractivity contribution in [3.05, 3.63) is 41.7 Å². The van der Waals surface area contributed by atoms with Crippen molar-refractivity contribution in [3.8, 4) is 6.07 Å². The molecule has 1 heterocycles. The highest BCUT2D eigenvalue weighted by Crippen LogP contribution is 2.17. The molecule has 0 atom stereocenters. The van der Waals surface area contributed by atoms with Crippen LogP contribution in [0.4, 0.5) is 4.39 Å². The van der Waals surface area contributed by atoms with Gasteiger partial charge < -0.3 is 0 Å². The van der Waals surface area contributed by atoms with E-state index >= 15 is 0 Å². The maximum absolute atomic E-state index is 13.4. The van der Waals surface area contributed by atoms with Gasteiger partial charge in [-0.1, -0.05) is 6.07 Å². The molecule has 0 fully saturated rings. The summed E-state index contributed by atoms with van der Waals surface area (Å²) in [6.45, 7) is -0.135. The molecule has 9 heteroatoms. The first-order valence-corrected chi connectivity index (χ1v) is 6.55. The molecule has 19 heavy (non-hydrogen) atoms. The zero-order chi connectivity index (χ0) is 13.9. The summed E-state index contributed by atoms with van der Waals surface area (Å²) in [5.41, 5.74) is -0.521. The summed E-state index contributed by atoms with van der Waals surface area (Å²) in [4.78, 5) is 3.33. The van der Waals surface area contributed by atoms with Gasteiger partial charge in [-0.15, -0.1) is 0 Å². The third-order valence-corrected chi connectivity index (χ3v) is 3.71. The van der Waals surface area contributed by atoms with E-state index in [1.807, 2.05) is 0 Å². The minimum Gasteiger partial charge on any atom is -0.262 e. The van der Waals surface area contributed by atoms with Gasteiger partial charge in [0.05, 0.1) is 6.54 Å². The number of benzene rings is 1. The van der Waals surface area contributed by atoms with E-state index in [-0.39, 0.29) is 6.54 Å². The summed E-state index contributed by atoms with van der Waals surface area (Å²) < 4.78 is 39.5. The van der Waals surface area contributed by atoms with Crippen molar-refractivity contribution in [2.24, 2.45) is 0 Å². The number of nitriles is 1. The Hall–Kier alpha value is -2.31. The Labute approximate surface area is 108 Å². The van der Waals surface area contributed by atoms with Crippen LogP contribution in [0.15, 0.2) is 29.4 Å². The highest BCUT2D eigenvalue weighted by molar-refractivity contribution is 7.89. The van der Waals surface area contributed by atoms with E-state index in [1.54, 1.807) is 0 Å². The largest absolute Gasteiger partial charge is 0.262 e. The van der Waals surface area contributed by atoms with Crippen molar-refractivity contribution < 1.29 is 12.8 Å². The van der Waals surface area contributed by atoms with Gasteiger partial charge in [0.15, 0.2) is 0 Å². The summed E-state index contributed by atoms with van der Waals surface area (Å²) >= 11 is 0. The molecule has 0 saturated heterocycles. The van der Waals surface area contributed by atoms with Crippen molar-refractivity contribution in [1.82, 2.24) is 19.9 Å². The Morgan fingerprint density at radius 2 is 2.26 bits per heavy atom. The fraction of sp³-hybridized carbons (Fsp3) is 0.100. The van der Waals surface area contributed by atoms with Gasteiger partial charge in [-0.3, -0.25) is 5.10 Å². The first kappa shape index (κ1) is 13.1. The van der Waals surface area contributed by atoms with E-state index in [0.29, 0.717) is 5.82 Å². The predicted molar refractivity (Wildman–Crippen MR) is 61.5 cm³/mol. The van der Waals surface area contributed by atoms with Crippen molar-refractivity contribution in [2.75, 3.05) is 0 Å². The van der Waals surface area contributed by atoms with Crippen LogP contribution in [-0.2, 0) is 16.6 Å². The van der Waals surface area contributed by atoms with E-state index in [4.69, 9.17) is 5.26 Å². The zero-order valence-corrected chi connectivity index (χ0v) is 10.3. The summed E-state index contributed by atoms with van der Waals surface area (Å²) in [5.74, 6) is -0.580. The van der Waals surface area contributed by atoms with Crippen molar-refractivity contribution >= 4 is 10.0 Å². The fourth-order valence-electron chi connectivity index (χ4n) is 1.39. The molecule has 0 spiro atoms. The molecule has 0 saturated carbocycles. The van der Waals surface area contributed by atoms with E-state index in [0.717, 1.165) is 12.1 Å². The molecule has 2 N–H and O–H groups in total. The maximum Gasteiger partial charge on any atom is 0.242 e. The average Bonchev–Trinajstić information content (AvgIpc) is 2.89. The second-order valence-corrected chi connectivity index (χ2v) is 5.22. The highest BCUT2D eigenvalue weighted by Gasteiger charge is 2.21. The van der Waals surface area contributed by atoms with Crippen LogP contribution >= 0.6 is 0 Å². The van der Waals surface area contributed by atoms with Gasteiger partial charge in [0, 0.05) is 0 Å². The first-order chi connectivity index (χ1) is 9.04. The van der Waals surface area contributed by atoms with Crippen LogP contribution in [0.3, 0.4) is 0 Å². The summed E-state index contributed by atoms with van der Waals surface area (Å²) in [7, 11) is -4.00. The number of hydrogen-bond donors (Lipinski definition) is 2. The molecular weight excluding hydrogens is 273 g/mol. The van der Waals surface area contributed by atoms with Crippen LogP contribution in [0.1, 0.15) is 11.4 Å². The van der Waals surface area contributed by atoms with Crippen molar-refractivity contribution in [2.45, 2.75) is 11.4 Å². The molecule has 1 aromatic carbocycles. The van der Waals surface area contributed by atoms with Crippen LogP contribution in [0, 0.1) is 17.1 Å².